The summed E-state index contributed by atoms with van der Waals surface area (Å²) in [6.45, 7) is 2.16. The number of hydrogen-bond donors (Lipinski definition) is 3. The van der Waals surface area contributed by atoms with Crippen LogP contribution < -0.4 is 16.0 Å². The number of hydrogen-bond acceptors (Lipinski definition) is 5. The number of nitrogen functional groups attached to an aromatic ring is 1. The fourth-order valence-electron chi connectivity index (χ4n) is 3.05. The van der Waals surface area contributed by atoms with Gasteiger partial charge in [-0.2, -0.15) is 0 Å². The van der Waals surface area contributed by atoms with E-state index in [1.165, 1.54) is 34.7 Å². The van der Waals surface area contributed by atoms with Gasteiger partial charge in [0.1, 0.15) is 4.88 Å². The Labute approximate surface area is 129 Å². The molecule has 1 saturated heterocycles. The highest BCUT2D eigenvalue weighted by molar-refractivity contribution is 7.18. The van der Waals surface area contributed by atoms with Crippen LogP contribution in [0.3, 0.4) is 0 Å². The first-order valence-corrected chi connectivity index (χ1v) is 8.47. The third-order valence-electron chi connectivity index (χ3n) is 4.54. The Morgan fingerprint density at radius 1 is 1.38 bits per heavy atom. The van der Waals surface area contributed by atoms with E-state index in [0.717, 1.165) is 25.9 Å². The summed E-state index contributed by atoms with van der Waals surface area (Å²) in [6, 6.07) is 0. The van der Waals surface area contributed by atoms with Crippen molar-refractivity contribution in [3.8, 4) is 0 Å². The first kappa shape index (κ1) is 14.7. The smallest absolute Gasteiger partial charge is 0.263 e. The molecule has 2 fully saturated rings. The summed E-state index contributed by atoms with van der Waals surface area (Å²) in [7, 11) is 1.64. The van der Waals surface area contributed by atoms with Gasteiger partial charge in [0.25, 0.3) is 5.91 Å². The Morgan fingerprint density at radius 2 is 2.05 bits per heavy atom. The summed E-state index contributed by atoms with van der Waals surface area (Å²) in [5, 5.41) is 13.1. The number of anilines is 2. The zero-order chi connectivity index (χ0) is 15.0. The average molecular weight is 309 g/mol. The van der Waals surface area contributed by atoms with Crippen LogP contribution >= 0.6 is 11.3 Å². The summed E-state index contributed by atoms with van der Waals surface area (Å²) in [5.74, 6) is 0.863. The number of carbonyl (C=O) groups is 1. The molecule has 0 atom stereocenters. The highest BCUT2D eigenvalue weighted by Crippen LogP contribution is 2.52. The van der Waals surface area contributed by atoms with E-state index in [4.69, 9.17) is 5.73 Å². The van der Waals surface area contributed by atoms with Crippen LogP contribution in [-0.2, 0) is 0 Å². The van der Waals surface area contributed by atoms with Crippen molar-refractivity contribution in [2.45, 2.75) is 31.6 Å². The second-order valence-corrected chi connectivity index (χ2v) is 7.03. The molecule has 1 aromatic heterocycles. The molecule has 0 spiro atoms. The van der Waals surface area contributed by atoms with E-state index >= 15 is 0 Å². The highest BCUT2D eigenvalue weighted by atomic mass is 32.1. The van der Waals surface area contributed by atoms with Crippen molar-refractivity contribution in [3.63, 3.8) is 0 Å². The van der Waals surface area contributed by atoms with Crippen LogP contribution in [0, 0.1) is 5.92 Å². The molecule has 21 heavy (non-hydrogen) atoms. The van der Waals surface area contributed by atoms with Gasteiger partial charge in [-0.3, -0.25) is 4.79 Å². The van der Waals surface area contributed by atoms with Crippen LogP contribution in [0.1, 0.15) is 46.8 Å². The van der Waals surface area contributed by atoms with E-state index in [1.54, 1.807) is 7.05 Å². The lowest BCUT2D eigenvalue weighted by Crippen LogP contribution is -2.34. The molecule has 1 saturated carbocycles. The molecule has 2 aliphatic rings. The largest absolute Gasteiger partial charge is 0.397 e. The minimum Gasteiger partial charge on any atom is -0.397 e. The molecule has 0 unspecified atom stereocenters. The van der Waals surface area contributed by atoms with E-state index in [9.17, 15) is 9.90 Å². The number of rotatable bonds is 4. The number of thiophene rings is 1. The molecule has 4 N–H and O–H groups in total. The van der Waals surface area contributed by atoms with E-state index in [-0.39, 0.29) is 12.5 Å². The zero-order valence-corrected chi connectivity index (χ0v) is 13.2. The number of carbonyl (C=O) groups excluding carboxylic acids is 1. The molecule has 0 radical (unpaired) electrons. The monoisotopic (exact) mass is 309 g/mol. The summed E-state index contributed by atoms with van der Waals surface area (Å²) < 4.78 is 0. The fraction of sp³-hybridized carbons (Fsp3) is 0.667. The summed E-state index contributed by atoms with van der Waals surface area (Å²) >= 11 is 1.53. The minimum atomic E-state index is -0.0871. The topological polar surface area (TPSA) is 78.6 Å². The summed E-state index contributed by atoms with van der Waals surface area (Å²) in [6.07, 6.45) is 4.36. The van der Waals surface area contributed by atoms with E-state index in [2.05, 4.69) is 10.2 Å². The number of nitrogens with one attached hydrogen (secondary N) is 1. The van der Waals surface area contributed by atoms with Gasteiger partial charge >= 0.3 is 0 Å². The van der Waals surface area contributed by atoms with Gasteiger partial charge in [-0.15, -0.1) is 11.3 Å². The number of aliphatic hydroxyl groups excluding tert-OH is 1. The van der Waals surface area contributed by atoms with Crippen LogP contribution in [0.5, 0.6) is 0 Å². The van der Waals surface area contributed by atoms with Crippen molar-refractivity contribution in [3.05, 3.63) is 10.4 Å². The standard InChI is InChI=1S/C15H23N3O2S/c1-17-14(20)13-12(16)11(10-2-3-10)15(21-13)18-6-4-9(8-19)5-7-18/h9-10,19H,2-8,16H2,1H3,(H,17,20). The van der Waals surface area contributed by atoms with Crippen LogP contribution in [-0.4, -0.2) is 37.8 Å². The third-order valence-corrected chi connectivity index (χ3v) is 5.82. The molecule has 1 amide bonds. The van der Waals surface area contributed by atoms with Gasteiger partial charge in [-0.1, -0.05) is 0 Å². The molecule has 116 valence electrons. The van der Waals surface area contributed by atoms with Gasteiger partial charge in [0, 0.05) is 32.3 Å². The van der Waals surface area contributed by atoms with Crippen molar-refractivity contribution in [2.24, 2.45) is 5.92 Å². The number of piperidine rings is 1. The molecule has 0 aromatic carbocycles. The molecule has 5 nitrogen and oxygen atoms in total. The van der Waals surface area contributed by atoms with Crippen molar-refractivity contribution in [1.82, 2.24) is 5.32 Å². The molecule has 0 bridgehead atoms. The minimum absolute atomic E-state index is 0.0871. The first-order chi connectivity index (χ1) is 10.2. The SMILES string of the molecule is CNC(=O)c1sc(N2CCC(CO)CC2)c(C2CC2)c1N. The molecule has 1 aliphatic carbocycles. The lowest BCUT2D eigenvalue weighted by atomic mass is 9.97. The Bertz CT molecular complexity index is 531. The normalized spacial score (nSPS) is 19.8. The molecule has 6 heteroatoms. The van der Waals surface area contributed by atoms with Crippen LogP contribution in [0.4, 0.5) is 10.7 Å². The highest BCUT2D eigenvalue weighted by Gasteiger charge is 2.35. The quantitative estimate of drug-likeness (QED) is 0.792. The predicted molar refractivity (Wildman–Crippen MR) is 86.1 cm³/mol. The maximum Gasteiger partial charge on any atom is 0.263 e. The van der Waals surface area contributed by atoms with Gasteiger partial charge in [0.2, 0.25) is 0 Å². The maximum absolute atomic E-state index is 12.0. The Balaban J connectivity index is 1.89. The average Bonchev–Trinajstić information content (AvgIpc) is 3.30. The molecule has 2 heterocycles. The third kappa shape index (κ3) is 2.74. The van der Waals surface area contributed by atoms with Crippen LogP contribution in [0.2, 0.25) is 0 Å². The van der Waals surface area contributed by atoms with E-state index in [0.29, 0.717) is 22.4 Å². The second kappa shape index (κ2) is 5.85. The summed E-state index contributed by atoms with van der Waals surface area (Å²) in [4.78, 5) is 15.0. The molecular weight excluding hydrogens is 286 g/mol. The first-order valence-electron chi connectivity index (χ1n) is 7.65. The van der Waals surface area contributed by atoms with Crippen molar-refractivity contribution in [1.29, 1.82) is 0 Å². The van der Waals surface area contributed by atoms with E-state index < -0.39 is 0 Å². The van der Waals surface area contributed by atoms with Crippen molar-refractivity contribution in [2.75, 3.05) is 37.4 Å². The van der Waals surface area contributed by atoms with Gasteiger partial charge in [0.05, 0.1) is 10.7 Å². The van der Waals surface area contributed by atoms with Crippen LogP contribution in [0.15, 0.2) is 0 Å². The van der Waals surface area contributed by atoms with Gasteiger partial charge < -0.3 is 21.1 Å². The summed E-state index contributed by atoms with van der Waals surface area (Å²) in [5.41, 5.74) is 8.14. The zero-order valence-electron chi connectivity index (χ0n) is 12.4. The van der Waals surface area contributed by atoms with Crippen molar-refractivity contribution >= 4 is 27.9 Å². The molecule has 3 rings (SSSR count). The van der Waals surface area contributed by atoms with Crippen LogP contribution in [0.25, 0.3) is 0 Å². The molecular formula is C15H23N3O2S. The second-order valence-electron chi connectivity index (χ2n) is 6.03. The molecule has 1 aromatic rings. The predicted octanol–water partition coefficient (Wildman–Crippen LogP) is 1.78. The number of aliphatic hydroxyl groups is 1. The Morgan fingerprint density at radius 3 is 2.57 bits per heavy atom. The number of nitrogens with zero attached hydrogens (tertiary/aromatic N) is 1. The van der Waals surface area contributed by atoms with Gasteiger partial charge in [-0.25, -0.2) is 0 Å². The number of amides is 1. The lowest BCUT2D eigenvalue weighted by Gasteiger charge is -2.32. The Hall–Kier alpha value is -1.27. The van der Waals surface area contributed by atoms with Gasteiger partial charge in [-0.05, 0) is 37.5 Å². The Kier molecular flexibility index (Phi) is 4.08. The van der Waals surface area contributed by atoms with Crippen molar-refractivity contribution < 1.29 is 9.90 Å². The number of nitrogens with two attached hydrogens (primary N) is 1. The maximum atomic E-state index is 12.0. The van der Waals surface area contributed by atoms with E-state index in [1.807, 2.05) is 0 Å². The lowest BCUT2D eigenvalue weighted by molar-refractivity contribution is 0.0968. The fourth-order valence-corrected chi connectivity index (χ4v) is 4.35. The molecule has 1 aliphatic heterocycles. The van der Waals surface area contributed by atoms with Gasteiger partial charge in [0.15, 0.2) is 0 Å².